The van der Waals surface area contributed by atoms with Crippen LogP contribution in [-0.4, -0.2) is 40.0 Å². The normalized spacial score (nSPS) is 14.5. The van der Waals surface area contributed by atoms with E-state index in [0.29, 0.717) is 6.61 Å². The third-order valence-corrected chi connectivity index (χ3v) is 1.92. The average molecular weight is 192 g/mol. The predicted molar refractivity (Wildman–Crippen MR) is 49.5 cm³/mol. The molecule has 0 aromatic heterocycles. The molecule has 0 rings (SSSR count). The molecule has 0 heterocycles. The van der Waals surface area contributed by atoms with Crippen molar-refractivity contribution in [2.45, 2.75) is 32.3 Å². The second-order valence-electron chi connectivity index (χ2n) is 2.73. The number of methoxy groups -OCH3 is 3. The Morgan fingerprint density at radius 3 is 1.85 bits per heavy atom. The summed E-state index contributed by atoms with van der Waals surface area (Å²) in [6, 6.07) is 0. The monoisotopic (exact) mass is 192 g/mol. The van der Waals surface area contributed by atoms with Crippen LogP contribution in [0.2, 0.25) is 0 Å². The molecule has 0 aliphatic carbocycles. The second kappa shape index (κ2) is 6.32. The fourth-order valence-corrected chi connectivity index (χ4v) is 1.14. The van der Waals surface area contributed by atoms with Crippen LogP contribution in [0.1, 0.15) is 20.3 Å². The van der Waals surface area contributed by atoms with Gasteiger partial charge in [-0.25, -0.2) is 0 Å². The predicted octanol–water partition coefficient (Wildman–Crippen LogP) is 1.39. The van der Waals surface area contributed by atoms with Crippen molar-refractivity contribution in [3.05, 3.63) is 0 Å². The highest BCUT2D eigenvalue weighted by molar-refractivity contribution is 4.65. The molecule has 4 nitrogen and oxygen atoms in total. The van der Waals surface area contributed by atoms with E-state index >= 15 is 0 Å². The molecule has 0 fully saturated rings. The Kier molecular flexibility index (Phi) is 6.24. The van der Waals surface area contributed by atoms with Gasteiger partial charge in [-0.05, 0) is 13.3 Å². The molecule has 0 bridgehead atoms. The summed E-state index contributed by atoms with van der Waals surface area (Å²) in [6.07, 6.45) is 0.699. The van der Waals surface area contributed by atoms with Crippen molar-refractivity contribution in [1.29, 1.82) is 0 Å². The zero-order chi connectivity index (χ0) is 10.3. The lowest BCUT2D eigenvalue weighted by molar-refractivity contribution is -0.390. The minimum atomic E-state index is -1.09. The third kappa shape index (κ3) is 3.23. The first kappa shape index (κ1) is 12.8. The molecule has 0 aliphatic rings. The van der Waals surface area contributed by atoms with Crippen LogP contribution in [0.5, 0.6) is 0 Å². The third-order valence-electron chi connectivity index (χ3n) is 1.92. The van der Waals surface area contributed by atoms with Crippen molar-refractivity contribution in [3.8, 4) is 0 Å². The first-order valence-corrected chi connectivity index (χ1v) is 4.43. The number of hydrogen-bond acceptors (Lipinski definition) is 4. The van der Waals surface area contributed by atoms with Crippen LogP contribution in [0.4, 0.5) is 0 Å². The first-order chi connectivity index (χ1) is 6.16. The van der Waals surface area contributed by atoms with Gasteiger partial charge < -0.3 is 18.9 Å². The molecule has 0 saturated heterocycles. The molecule has 1 atom stereocenters. The Hall–Kier alpha value is -0.160. The van der Waals surface area contributed by atoms with Gasteiger partial charge in [0.1, 0.15) is 6.10 Å². The molecule has 0 aliphatic heterocycles. The van der Waals surface area contributed by atoms with Gasteiger partial charge in [0.05, 0.1) is 0 Å². The molecule has 0 aromatic carbocycles. The van der Waals surface area contributed by atoms with Gasteiger partial charge in [-0.1, -0.05) is 6.92 Å². The summed E-state index contributed by atoms with van der Waals surface area (Å²) in [6.45, 7) is 4.56. The van der Waals surface area contributed by atoms with Crippen LogP contribution in [0, 0.1) is 0 Å². The number of hydrogen-bond donors (Lipinski definition) is 0. The lowest BCUT2D eigenvalue weighted by Crippen LogP contribution is -2.47. The quantitative estimate of drug-likeness (QED) is 0.571. The minimum Gasteiger partial charge on any atom is -0.370 e. The highest BCUT2D eigenvalue weighted by Gasteiger charge is 2.37. The summed E-state index contributed by atoms with van der Waals surface area (Å²) in [5.74, 6) is -1.09. The van der Waals surface area contributed by atoms with E-state index in [1.165, 1.54) is 21.3 Å². The van der Waals surface area contributed by atoms with Crippen molar-refractivity contribution in [2.75, 3.05) is 27.9 Å². The molecule has 0 spiro atoms. The van der Waals surface area contributed by atoms with Crippen LogP contribution < -0.4 is 0 Å². The highest BCUT2D eigenvalue weighted by Crippen LogP contribution is 2.19. The van der Waals surface area contributed by atoms with Crippen LogP contribution in [0.3, 0.4) is 0 Å². The fraction of sp³-hybridized carbons (Fsp3) is 1.00. The van der Waals surface area contributed by atoms with Gasteiger partial charge >= 0.3 is 5.97 Å². The van der Waals surface area contributed by atoms with Gasteiger partial charge in [-0.15, -0.1) is 0 Å². The Bertz CT molecular complexity index is 115. The summed E-state index contributed by atoms with van der Waals surface area (Å²) in [5.41, 5.74) is 0. The molecule has 13 heavy (non-hydrogen) atoms. The van der Waals surface area contributed by atoms with Crippen molar-refractivity contribution < 1.29 is 18.9 Å². The topological polar surface area (TPSA) is 36.9 Å². The van der Waals surface area contributed by atoms with Crippen molar-refractivity contribution in [1.82, 2.24) is 0 Å². The Balaban J connectivity index is 4.17. The van der Waals surface area contributed by atoms with E-state index < -0.39 is 5.97 Å². The zero-order valence-electron chi connectivity index (χ0n) is 9.12. The van der Waals surface area contributed by atoms with Crippen molar-refractivity contribution in [3.63, 3.8) is 0 Å². The van der Waals surface area contributed by atoms with Gasteiger partial charge in [0, 0.05) is 27.9 Å². The standard InChI is InChI=1S/C9H20O4/c1-6-7-13-8(2)9(10-3,11-4)12-5/h8H,6-7H2,1-5H3. The second-order valence-corrected chi connectivity index (χ2v) is 2.73. The maximum Gasteiger partial charge on any atom is 0.309 e. The maximum absolute atomic E-state index is 5.45. The van der Waals surface area contributed by atoms with Crippen molar-refractivity contribution in [2.24, 2.45) is 0 Å². The molecule has 0 aromatic rings. The molecule has 0 radical (unpaired) electrons. The molecular weight excluding hydrogens is 172 g/mol. The maximum atomic E-state index is 5.45. The lowest BCUT2D eigenvalue weighted by atomic mass is 10.3. The van der Waals surface area contributed by atoms with Crippen LogP contribution in [0.15, 0.2) is 0 Å². The van der Waals surface area contributed by atoms with E-state index in [1.807, 2.05) is 13.8 Å². The van der Waals surface area contributed by atoms with Gasteiger partial charge in [-0.2, -0.15) is 0 Å². The summed E-state index contributed by atoms with van der Waals surface area (Å²) in [5, 5.41) is 0. The highest BCUT2D eigenvalue weighted by atomic mass is 16.9. The summed E-state index contributed by atoms with van der Waals surface area (Å²) < 4.78 is 20.8. The van der Waals surface area contributed by atoms with E-state index in [2.05, 4.69) is 0 Å². The van der Waals surface area contributed by atoms with Gasteiger partial charge in [0.2, 0.25) is 0 Å². The zero-order valence-corrected chi connectivity index (χ0v) is 9.12. The van der Waals surface area contributed by atoms with E-state index in [0.717, 1.165) is 6.42 Å². The molecule has 0 saturated carbocycles. The Morgan fingerprint density at radius 1 is 1.08 bits per heavy atom. The van der Waals surface area contributed by atoms with Crippen LogP contribution in [-0.2, 0) is 18.9 Å². The number of rotatable bonds is 7. The fourth-order valence-electron chi connectivity index (χ4n) is 1.14. The van der Waals surface area contributed by atoms with E-state index in [1.54, 1.807) is 0 Å². The van der Waals surface area contributed by atoms with E-state index in [-0.39, 0.29) is 6.10 Å². The number of ether oxygens (including phenoxy) is 4. The summed E-state index contributed by atoms with van der Waals surface area (Å²) in [7, 11) is 4.58. The SMILES string of the molecule is CCCOC(C)C(OC)(OC)OC. The van der Waals surface area contributed by atoms with Gasteiger partial charge in [0.15, 0.2) is 0 Å². The summed E-state index contributed by atoms with van der Waals surface area (Å²) in [4.78, 5) is 0. The molecule has 0 N–H and O–H groups in total. The summed E-state index contributed by atoms with van der Waals surface area (Å²) >= 11 is 0. The van der Waals surface area contributed by atoms with E-state index in [4.69, 9.17) is 18.9 Å². The van der Waals surface area contributed by atoms with Gasteiger partial charge in [0.25, 0.3) is 0 Å². The Morgan fingerprint density at radius 2 is 1.54 bits per heavy atom. The molecule has 4 heteroatoms. The average Bonchev–Trinajstić information content (AvgIpc) is 2.18. The minimum absolute atomic E-state index is 0.257. The lowest BCUT2D eigenvalue weighted by Gasteiger charge is -2.33. The van der Waals surface area contributed by atoms with E-state index in [9.17, 15) is 0 Å². The van der Waals surface area contributed by atoms with Crippen molar-refractivity contribution >= 4 is 0 Å². The van der Waals surface area contributed by atoms with Gasteiger partial charge in [-0.3, -0.25) is 0 Å². The van der Waals surface area contributed by atoms with Crippen LogP contribution >= 0.6 is 0 Å². The smallest absolute Gasteiger partial charge is 0.309 e. The largest absolute Gasteiger partial charge is 0.370 e. The molecule has 80 valence electrons. The molecule has 1 unspecified atom stereocenters. The Labute approximate surface area is 80.1 Å². The van der Waals surface area contributed by atoms with Crippen LogP contribution in [0.25, 0.3) is 0 Å². The first-order valence-electron chi connectivity index (χ1n) is 4.43. The molecular formula is C9H20O4. The molecule has 0 amide bonds.